The zero-order valence-corrected chi connectivity index (χ0v) is 10.3. The van der Waals surface area contributed by atoms with E-state index in [1.165, 1.54) is 47.7 Å². The molecule has 15 heavy (non-hydrogen) atoms. The molecule has 3 heteroatoms. The summed E-state index contributed by atoms with van der Waals surface area (Å²) in [5.41, 5.74) is 7.15. The highest BCUT2D eigenvalue weighted by Crippen LogP contribution is 2.23. The van der Waals surface area contributed by atoms with Crippen LogP contribution in [0.1, 0.15) is 34.6 Å². The van der Waals surface area contributed by atoms with E-state index in [9.17, 15) is 0 Å². The number of piperidine rings is 1. The highest BCUT2D eigenvalue weighted by Gasteiger charge is 2.12. The lowest BCUT2D eigenvalue weighted by Crippen LogP contribution is -2.29. The van der Waals surface area contributed by atoms with Crippen LogP contribution in [0.4, 0.5) is 0 Å². The van der Waals surface area contributed by atoms with Gasteiger partial charge in [-0.3, -0.25) is 4.90 Å². The Kier molecular flexibility index (Phi) is 3.78. The monoisotopic (exact) mass is 224 g/mol. The Bertz CT molecular complexity index is 313. The quantitative estimate of drug-likeness (QED) is 0.855. The van der Waals surface area contributed by atoms with Gasteiger partial charge >= 0.3 is 0 Å². The Morgan fingerprint density at radius 3 is 2.67 bits per heavy atom. The smallest absolute Gasteiger partial charge is 0.0274 e. The third-order valence-corrected chi connectivity index (χ3v) is 4.23. The van der Waals surface area contributed by atoms with Crippen molar-refractivity contribution >= 4 is 11.3 Å². The van der Waals surface area contributed by atoms with E-state index in [1.54, 1.807) is 0 Å². The van der Waals surface area contributed by atoms with E-state index in [0.717, 1.165) is 6.54 Å². The lowest BCUT2D eigenvalue weighted by Gasteiger charge is -2.26. The van der Waals surface area contributed by atoms with Gasteiger partial charge in [0.05, 0.1) is 0 Å². The van der Waals surface area contributed by atoms with Crippen molar-refractivity contribution in [2.24, 2.45) is 5.73 Å². The summed E-state index contributed by atoms with van der Waals surface area (Å²) in [5.74, 6) is 0. The molecule has 1 aromatic heterocycles. The maximum Gasteiger partial charge on any atom is 0.0274 e. The van der Waals surface area contributed by atoms with Crippen molar-refractivity contribution in [1.29, 1.82) is 0 Å². The number of nitrogens with zero attached hydrogens (tertiary/aromatic N) is 1. The second-order valence-corrected chi connectivity index (χ2v) is 5.68. The lowest BCUT2D eigenvalue weighted by atomic mass is 10.1. The van der Waals surface area contributed by atoms with Crippen molar-refractivity contribution < 1.29 is 0 Å². The van der Waals surface area contributed by atoms with Crippen molar-refractivity contribution in [1.82, 2.24) is 4.90 Å². The molecule has 0 bridgehead atoms. The molecule has 2 heterocycles. The van der Waals surface area contributed by atoms with Gasteiger partial charge in [-0.05, 0) is 44.5 Å². The molecule has 1 aromatic rings. The molecule has 0 radical (unpaired) electrons. The second kappa shape index (κ2) is 5.10. The zero-order chi connectivity index (χ0) is 10.7. The number of thiophene rings is 1. The fourth-order valence-corrected chi connectivity index (χ4v) is 3.14. The van der Waals surface area contributed by atoms with Gasteiger partial charge in [-0.2, -0.15) is 0 Å². The summed E-state index contributed by atoms with van der Waals surface area (Å²) in [6, 6.07) is 2.29. The van der Waals surface area contributed by atoms with Crippen molar-refractivity contribution in [3.63, 3.8) is 0 Å². The van der Waals surface area contributed by atoms with Crippen LogP contribution < -0.4 is 5.73 Å². The fourth-order valence-electron chi connectivity index (χ4n) is 2.20. The summed E-state index contributed by atoms with van der Waals surface area (Å²) < 4.78 is 0. The average molecular weight is 224 g/mol. The molecule has 0 saturated carbocycles. The molecule has 2 N–H and O–H groups in total. The minimum absolute atomic E-state index is 0.686. The first-order valence-corrected chi connectivity index (χ1v) is 6.62. The van der Waals surface area contributed by atoms with Gasteiger partial charge in [0.15, 0.2) is 0 Å². The SMILES string of the molecule is Cc1sc(CN)cc1CN1CCCCC1. The molecule has 1 saturated heterocycles. The summed E-state index contributed by atoms with van der Waals surface area (Å²) in [5, 5.41) is 0. The van der Waals surface area contributed by atoms with E-state index >= 15 is 0 Å². The molecule has 0 aromatic carbocycles. The molecule has 0 amide bonds. The summed E-state index contributed by atoms with van der Waals surface area (Å²) in [6.07, 6.45) is 4.15. The maximum absolute atomic E-state index is 5.66. The summed E-state index contributed by atoms with van der Waals surface area (Å²) >= 11 is 1.85. The predicted octanol–water partition coefficient (Wildman–Crippen LogP) is 2.50. The minimum atomic E-state index is 0.686. The topological polar surface area (TPSA) is 29.3 Å². The van der Waals surface area contributed by atoms with Gasteiger partial charge in [0.25, 0.3) is 0 Å². The summed E-state index contributed by atoms with van der Waals surface area (Å²) in [7, 11) is 0. The molecule has 1 aliphatic heterocycles. The molecule has 0 unspecified atom stereocenters. The molecule has 0 spiro atoms. The van der Waals surface area contributed by atoms with Crippen LogP contribution in [-0.2, 0) is 13.1 Å². The molecule has 1 fully saturated rings. The first kappa shape index (κ1) is 11.1. The number of hydrogen-bond acceptors (Lipinski definition) is 3. The van der Waals surface area contributed by atoms with Gasteiger partial charge in [0.1, 0.15) is 0 Å². The van der Waals surface area contributed by atoms with Gasteiger partial charge in [-0.1, -0.05) is 6.42 Å². The predicted molar refractivity (Wildman–Crippen MR) is 66.1 cm³/mol. The van der Waals surface area contributed by atoms with Gasteiger partial charge in [-0.25, -0.2) is 0 Å². The van der Waals surface area contributed by atoms with E-state index in [4.69, 9.17) is 5.73 Å². The number of hydrogen-bond donors (Lipinski definition) is 1. The Hall–Kier alpha value is -0.380. The molecule has 84 valence electrons. The second-order valence-electron chi connectivity index (χ2n) is 4.34. The van der Waals surface area contributed by atoms with E-state index in [2.05, 4.69) is 17.9 Å². The summed E-state index contributed by atoms with van der Waals surface area (Å²) in [6.45, 7) is 6.57. The van der Waals surface area contributed by atoms with Gasteiger partial charge in [0, 0.05) is 22.8 Å². The Morgan fingerprint density at radius 2 is 2.07 bits per heavy atom. The van der Waals surface area contributed by atoms with E-state index in [0.29, 0.717) is 6.54 Å². The standard InChI is InChI=1S/C12H20N2S/c1-10-11(7-12(8-13)15-10)9-14-5-3-2-4-6-14/h7H,2-6,8-9,13H2,1H3. The molecular formula is C12H20N2S. The Morgan fingerprint density at radius 1 is 1.33 bits per heavy atom. The summed E-state index contributed by atoms with van der Waals surface area (Å²) in [4.78, 5) is 5.33. The van der Waals surface area contributed by atoms with E-state index in [1.807, 2.05) is 11.3 Å². The molecule has 2 rings (SSSR count). The highest BCUT2D eigenvalue weighted by atomic mass is 32.1. The van der Waals surface area contributed by atoms with Crippen molar-refractivity contribution in [3.8, 4) is 0 Å². The number of aryl methyl sites for hydroxylation is 1. The molecule has 2 nitrogen and oxygen atoms in total. The maximum atomic E-state index is 5.66. The van der Waals surface area contributed by atoms with Crippen molar-refractivity contribution in [3.05, 3.63) is 21.4 Å². The van der Waals surface area contributed by atoms with Crippen LogP contribution in [0.3, 0.4) is 0 Å². The molecule has 0 atom stereocenters. The number of nitrogens with two attached hydrogens (primary N) is 1. The third-order valence-electron chi connectivity index (χ3n) is 3.12. The number of likely N-dealkylation sites (tertiary alicyclic amines) is 1. The van der Waals surface area contributed by atoms with Crippen LogP contribution in [0.25, 0.3) is 0 Å². The molecule has 0 aliphatic carbocycles. The van der Waals surface area contributed by atoms with Crippen LogP contribution in [-0.4, -0.2) is 18.0 Å². The van der Waals surface area contributed by atoms with Crippen LogP contribution in [0.15, 0.2) is 6.07 Å². The Labute approximate surface area is 96.1 Å². The van der Waals surface area contributed by atoms with Crippen LogP contribution in [0.5, 0.6) is 0 Å². The van der Waals surface area contributed by atoms with E-state index in [-0.39, 0.29) is 0 Å². The molecular weight excluding hydrogens is 204 g/mol. The zero-order valence-electron chi connectivity index (χ0n) is 9.46. The largest absolute Gasteiger partial charge is 0.326 e. The van der Waals surface area contributed by atoms with Crippen molar-refractivity contribution in [2.45, 2.75) is 39.3 Å². The normalized spacial score (nSPS) is 18.3. The molecule has 1 aliphatic rings. The third kappa shape index (κ3) is 2.80. The number of rotatable bonds is 3. The Balaban J connectivity index is 1.99. The van der Waals surface area contributed by atoms with Crippen LogP contribution in [0.2, 0.25) is 0 Å². The van der Waals surface area contributed by atoms with Crippen LogP contribution >= 0.6 is 11.3 Å². The van der Waals surface area contributed by atoms with Crippen LogP contribution in [0, 0.1) is 6.92 Å². The fraction of sp³-hybridized carbons (Fsp3) is 0.667. The highest BCUT2D eigenvalue weighted by molar-refractivity contribution is 7.12. The van der Waals surface area contributed by atoms with Gasteiger partial charge in [-0.15, -0.1) is 11.3 Å². The first-order valence-electron chi connectivity index (χ1n) is 5.80. The van der Waals surface area contributed by atoms with E-state index < -0.39 is 0 Å². The van der Waals surface area contributed by atoms with Crippen molar-refractivity contribution in [2.75, 3.05) is 13.1 Å². The van der Waals surface area contributed by atoms with Gasteiger partial charge in [0.2, 0.25) is 0 Å². The average Bonchev–Trinajstić information content (AvgIpc) is 2.61. The minimum Gasteiger partial charge on any atom is -0.326 e. The first-order chi connectivity index (χ1) is 7.29. The van der Waals surface area contributed by atoms with Gasteiger partial charge < -0.3 is 5.73 Å². The lowest BCUT2D eigenvalue weighted by molar-refractivity contribution is 0.221.